The predicted octanol–water partition coefficient (Wildman–Crippen LogP) is 5.37. The molecule has 1 saturated heterocycles. The molecule has 5 rings (SSSR count). The van der Waals surface area contributed by atoms with Gasteiger partial charge in [-0.25, -0.2) is 0 Å². The molecule has 160 valence electrons. The molecule has 2 aromatic carbocycles. The van der Waals surface area contributed by atoms with Gasteiger partial charge in [-0.3, -0.25) is 4.98 Å². The first-order chi connectivity index (χ1) is 15.7. The molecule has 0 amide bonds. The Morgan fingerprint density at radius 3 is 2.59 bits per heavy atom. The van der Waals surface area contributed by atoms with E-state index >= 15 is 0 Å². The number of hydrogen-bond acceptors (Lipinski definition) is 3. The number of ether oxygens (including phenoxy) is 1. The Balaban J connectivity index is 1.68. The maximum atomic E-state index is 5.85. The summed E-state index contributed by atoms with van der Waals surface area (Å²) in [5.74, 6) is 0.791. The molecule has 0 radical (unpaired) electrons. The van der Waals surface area contributed by atoms with Crippen LogP contribution in [0.3, 0.4) is 0 Å². The molecule has 6 heteroatoms. The number of aromatic nitrogens is 2. The van der Waals surface area contributed by atoms with Crippen molar-refractivity contribution in [1.29, 1.82) is 0 Å². The van der Waals surface area contributed by atoms with Crippen molar-refractivity contribution in [3.8, 4) is 11.4 Å². The van der Waals surface area contributed by atoms with E-state index in [4.69, 9.17) is 17.0 Å². The molecule has 5 nitrogen and oxygen atoms in total. The Kier molecular flexibility index (Phi) is 5.37. The molecule has 0 spiro atoms. The number of aryl methyl sites for hydroxylation is 1. The van der Waals surface area contributed by atoms with Crippen molar-refractivity contribution in [2.45, 2.75) is 19.0 Å². The van der Waals surface area contributed by atoms with Gasteiger partial charge in [-0.05, 0) is 67.2 Å². The van der Waals surface area contributed by atoms with Crippen LogP contribution >= 0.6 is 12.2 Å². The van der Waals surface area contributed by atoms with Crippen molar-refractivity contribution in [2.75, 3.05) is 12.0 Å². The van der Waals surface area contributed by atoms with Gasteiger partial charge in [-0.1, -0.05) is 30.3 Å². The minimum Gasteiger partial charge on any atom is -0.497 e. The number of para-hydroxylation sites is 1. The summed E-state index contributed by atoms with van der Waals surface area (Å²) in [5.41, 5.74) is 5.41. The van der Waals surface area contributed by atoms with Gasteiger partial charge in [0, 0.05) is 35.5 Å². The molecule has 4 aromatic rings. The van der Waals surface area contributed by atoms with Gasteiger partial charge in [-0.2, -0.15) is 0 Å². The second-order valence-electron chi connectivity index (χ2n) is 7.79. The first-order valence-electron chi connectivity index (χ1n) is 10.6. The second kappa shape index (κ2) is 8.48. The van der Waals surface area contributed by atoms with Crippen LogP contribution in [-0.4, -0.2) is 21.8 Å². The van der Waals surface area contributed by atoms with Crippen LogP contribution in [0.1, 0.15) is 29.0 Å². The van der Waals surface area contributed by atoms with Crippen LogP contribution in [0, 0.1) is 6.92 Å². The monoisotopic (exact) mass is 440 g/mol. The summed E-state index contributed by atoms with van der Waals surface area (Å²) in [5, 5.41) is 4.19. The topological polar surface area (TPSA) is 42.3 Å². The van der Waals surface area contributed by atoms with Gasteiger partial charge in [0.25, 0.3) is 0 Å². The maximum absolute atomic E-state index is 5.85. The third-order valence-electron chi connectivity index (χ3n) is 5.89. The van der Waals surface area contributed by atoms with Gasteiger partial charge >= 0.3 is 0 Å². The summed E-state index contributed by atoms with van der Waals surface area (Å²) in [6.45, 7) is 2.13. The third kappa shape index (κ3) is 3.52. The lowest BCUT2D eigenvalue weighted by molar-refractivity contribution is 0.414. The number of benzene rings is 2. The fourth-order valence-electron chi connectivity index (χ4n) is 4.38. The smallest absolute Gasteiger partial charge is 0.174 e. The van der Waals surface area contributed by atoms with E-state index in [0.29, 0.717) is 5.11 Å². The van der Waals surface area contributed by atoms with Crippen LogP contribution < -0.4 is 15.0 Å². The molecule has 1 aliphatic heterocycles. The van der Waals surface area contributed by atoms with Crippen molar-refractivity contribution in [1.82, 2.24) is 14.9 Å². The highest BCUT2D eigenvalue weighted by Crippen LogP contribution is 2.43. The quantitative estimate of drug-likeness (QED) is 0.423. The standard InChI is InChI=1S/C26H24N4OS/c1-18-9-3-4-13-22(18)29-16-8-14-23(29)25-24(21-12-5-6-15-27-21)28-26(32)30(25)19-10-7-11-20(17-19)31-2/h3-17,24-25H,1-2H3,(H,28,32). The summed E-state index contributed by atoms with van der Waals surface area (Å²) in [6, 6.07) is 26.5. The van der Waals surface area contributed by atoms with E-state index in [1.54, 1.807) is 7.11 Å². The number of hydrogen-bond donors (Lipinski definition) is 1. The molecule has 1 fully saturated rings. The van der Waals surface area contributed by atoms with E-state index < -0.39 is 0 Å². The fraction of sp³-hybridized carbons (Fsp3) is 0.154. The Bertz CT molecular complexity index is 1250. The number of rotatable bonds is 5. The highest BCUT2D eigenvalue weighted by atomic mass is 32.1. The van der Waals surface area contributed by atoms with Crippen LogP contribution in [-0.2, 0) is 0 Å². The zero-order chi connectivity index (χ0) is 22.1. The largest absolute Gasteiger partial charge is 0.497 e. The lowest BCUT2D eigenvalue weighted by atomic mass is 10.0. The zero-order valence-corrected chi connectivity index (χ0v) is 18.8. The third-order valence-corrected chi connectivity index (χ3v) is 6.20. The van der Waals surface area contributed by atoms with Gasteiger partial charge in [0.1, 0.15) is 11.8 Å². The molecule has 2 aromatic heterocycles. The Morgan fingerprint density at radius 2 is 1.81 bits per heavy atom. The molecule has 0 aliphatic carbocycles. The van der Waals surface area contributed by atoms with Gasteiger partial charge in [0.2, 0.25) is 0 Å². The molecule has 2 unspecified atom stereocenters. The molecule has 1 aliphatic rings. The number of methoxy groups -OCH3 is 1. The lowest BCUT2D eigenvalue weighted by Crippen LogP contribution is -2.30. The molecular formula is C26H24N4OS. The second-order valence-corrected chi connectivity index (χ2v) is 8.17. The minimum absolute atomic E-state index is 0.0980. The van der Waals surface area contributed by atoms with Crippen molar-refractivity contribution in [3.63, 3.8) is 0 Å². The van der Waals surface area contributed by atoms with Crippen LogP contribution in [0.25, 0.3) is 5.69 Å². The van der Waals surface area contributed by atoms with E-state index in [1.165, 1.54) is 5.56 Å². The van der Waals surface area contributed by atoms with E-state index in [2.05, 4.69) is 75.4 Å². The Morgan fingerprint density at radius 1 is 0.969 bits per heavy atom. The van der Waals surface area contributed by atoms with Gasteiger partial charge < -0.3 is 19.5 Å². The summed E-state index contributed by atoms with van der Waals surface area (Å²) >= 11 is 5.85. The molecule has 0 saturated carbocycles. The lowest BCUT2D eigenvalue weighted by Gasteiger charge is -2.29. The van der Waals surface area contributed by atoms with Gasteiger partial charge in [0.15, 0.2) is 5.11 Å². The SMILES string of the molecule is COc1cccc(N2C(=S)NC(c3ccccn3)C2c2cccn2-c2ccccc2C)c1. The normalized spacial score (nSPS) is 17.9. The number of pyridine rings is 1. The minimum atomic E-state index is -0.104. The highest BCUT2D eigenvalue weighted by molar-refractivity contribution is 7.80. The molecule has 0 bridgehead atoms. The first-order valence-corrected chi connectivity index (χ1v) is 11.0. The first kappa shape index (κ1) is 20.3. The van der Waals surface area contributed by atoms with Crippen LogP contribution in [0.15, 0.2) is 91.3 Å². The van der Waals surface area contributed by atoms with Crippen molar-refractivity contribution < 1.29 is 4.74 Å². The summed E-state index contributed by atoms with van der Waals surface area (Å²) < 4.78 is 7.74. The predicted molar refractivity (Wildman–Crippen MR) is 131 cm³/mol. The number of thiocarbonyl (C=S) groups is 1. The average Bonchev–Trinajstić information content (AvgIpc) is 3.44. The van der Waals surface area contributed by atoms with Crippen molar-refractivity contribution in [3.05, 3.63) is 108 Å². The number of nitrogens with one attached hydrogen (secondary N) is 1. The molecular weight excluding hydrogens is 416 g/mol. The maximum Gasteiger partial charge on any atom is 0.174 e. The van der Waals surface area contributed by atoms with Crippen LogP contribution in [0.4, 0.5) is 5.69 Å². The van der Waals surface area contributed by atoms with Crippen molar-refractivity contribution in [2.24, 2.45) is 0 Å². The summed E-state index contributed by atoms with van der Waals surface area (Å²) in [7, 11) is 1.68. The van der Waals surface area contributed by atoms with Crippen molar-refractivity contribution >= 4 is 23.0 Å². The molecule has 2 atom stereocenters. The molecule has 1 N–H and O–H groups in total. The summed E-state index contributed by atoms with van der Waals surface area (Å²) in [4.78, 5) is 6.82. The number of nitrogens with zero attached hydrogens (tertiary/aromatic N) is 3. The van der Waals surface area contributed by atoms with E-state index in [1.807, 2.05) is 42.6 Å². The van der Waals surface area contributed by atoms with Crippen LogP contribution in [0.5, 0.6) is 5.75 Å². The number of anilines is 1. The van der Waals surface area contributed by atoms with E-state index in [0.717, 1.165) is 28.5 Å². The van der Waals surface area contributed by atoms with Gasteiger partial charge in [-0.15, -0.1) is 0 Å². The van der Waals surface area contributed by atoms with Crippen LogP contribution in [0.2, 0.25) is 0 Å². The summed E-state index contributed by atoms with van der Waals surface area (Å²) in [6.07, 6.45) is 3.93. The molecule has 32 heavy (non-hydrogen) atoms. The van der Waals surface area contributed by atoms with E-state index in [-0.39, 0.29) is 12.1 Å². The fourth-order valence-corrected chi connectivity index (χ4v) is 4.73. The Hall–Kier alpha value is -3.64. The average molecular weight is 441 g/mol. The van der Waals surface area contributed by atoms with E-state index in [9.17, 15) is 0 Å². The highest BCUT2D eigenvalue weighted by Gasteiger charge is 2.42. The molecule has 3 heterocycles. The zero-order valence-electron chi connectivity index (χ0n) is 18.0. The van der Waals surface area contributed by atoms with Gasteiger partial charge in [0.05, 0.1) is 18.8 Å². The Labute approximate surface area is 193 Å².